The summed E-state index contributed by atoms with van der Waals surface area (Å²) < 4.78 is 5.83. The van der Waals surface area contributed by atoms with Crippen LogP contribution in [0.5, 0.6) is 5.75 Å². The van der Waals surface area contributed by atoms with Gasteiger partial charge in [-0.3, -0.25) is 0 Å². The fourth-order valence-corrected chi connectivity index (χ4v) is 2.03. The van der Waals surface area contributed by atoms with Crippen molar-refractivity contribution >= 4 is 0 Å². The molecule has 0 aliphatic carbocycles. The van der Waals surface area contributed by atoms with Crippen LogP contribution >= 0.6 is 0 Å². The summed E-state index contributed by atoms with van der Waals surface area (Å²) in [7, 11) is 0. The molecule has 20 heavy (non-hydrogen) atoms. The third-order valence-electron chi connectivity index (χ3n) is 3.36. The molecule has 106 valence electrons. The van der Waals surface area contributed by atoms with Crippen LogP contribution in [-0.2, 0) is 5.41 Å². The van der Waals surface area contributed by atoms with Crippen LogP contribution < -0.4 is 10.5 Å². The van der Waals surface area contributed by atoms with Gasteiger partial charge in [0.2, 0.25) is 0 Å². The predicted molar refractivity (Wildman–Crippen MR) is 84.0 cm³/mol. The first-order chi connectivity index (χ1) is 9.47. The third-order valence-corrected chi connectivity index (χ3v) is 3.36. The summed E-state index contributed by atoms with van der Waals surface area (Å²) in [4.78, 5) is 0. The molecular weight excluding hydrogens is 246 g/mol. The normalized spacial score (nSPS) is 13.0. The van der Waals surface area contributed by atoms with Crippen LogP contribution in [0.2, 0.25) is 0 Å². The van der Waals surface area contributed by atoms with Gasteiger partial charge in [-0.1, -0.05) is 63.2 Å². The van der Waals surface area contributed by atoms with Gasteiger partial charge in [-0.2, -0.15) is 0 Å². The molecule has 0 radical (unpaired) electrons. The minimum absolute atomic E-state index is 0.102. The summed E-state index contributed by atoms with van der Waals surface area (Å²) in [6.07, 6.45) is 0. The predicted octanol–water partition coefficient (Wildman–Crippen LogP) is 4.06. The van der Waals surface area contributed by atoms with E-state index in [1.807, 2.05) is 42.5 Å². The monoisotopic (exact) mass is 269 g/mol. The number of benzene rings is 2. The first kappa shape index (κ1) is 14.6. The highest BCUT2D eigenvalue weighted by Crippen LogP contribution is 2.26. The SMILES string of the molecule is CC(C)(C)c1cccc(OCC(N)c2ccccc2)c1. The lowest BCUT2D eigenvalue weighted by Gasteiger charge is -2.20. The van der Waals surface area contributed by atoms with Crippen molar-refractivity contribution in [2.75, 3.05) is 6.61 Å². The van der Waals surface area contributed by atoms with Crippen molar-refractivity contribution in [2.45, 2.75) is 32.2 Å². The fourth-order valence-electron chi connectivity index (χ4n) is 2.03. The topological polar surface area (TPSA) is 35.2 Å². The Bertz CT molecular complexity index is 543. The molecule has 1 atom stereocenters. The molecule has 1 unspecified atom stereocenters. The van der Waals surface area contributed by atoms with Gasteiger partial charge in [0.1, 0.15) is 12.4 Å². The van der Waals surface area contributed by atoms with E-state index in [1.165, 1.54) is 5.56 Å². The highest BCUT2D eigenvalue weighted by molar-refractivity contribution is 5.32. The second kappa shape index (κ2) is 6.10. The van der Waals surface area contributed by atoms with Crippen molar-refractivity contribution in [1.82, 2.24) is 0 Å². The van der Waals surface area contributed by atoms with E-state index < -0.39 is 0 Å². The van der Waals surface area contributed by atoms with Crippen molar-refractivity contribution in [3.63, 3.8) is 0 Å². The highest BCUT2D eigenvalue weighted by atomic mass is 16.5. The lowest BCUT2D eigenvalue weighted by atomic mass is 9.87. The number of rotatable bonds is 4. The standard InChI is InChI=1S/C18H23NO/c1-18(2,3)15-10-7-11-16(12-15)20-13-17(19)14-8-5-4-6-9-14/h4-12,17H,13,19H2,1-3H3. The van der Waals surface area contributed by atoms with Crippen LogP contribution in [0.4, 0.5) is 0 Å². The van der Waals surface area contributed by atoms with Gasteiger partial charge in [-0.05, 0) is 28.7 Å². The van der Waals surface area contributed by atoms with Crippen molar-refractivity contribution < 1.29 is 4.74 Å². The highest BCUT2D eigenvalue weighted by Gasteiger charge is 2.14. The van der Waals surface area contributed by atoms with Gasteiger partial charge in [0.05, 0.1) is 6.04 Å². The molecule has 0 heterocycles. The zero-order chi connectivity index (χ0) is 14.6. The molecule has 2 aromatic carbocycles. The van der Waals surface area contributed by atoms with Crippen LogP contribution in [0.25, 0.3) is 0 Å². The summed E-state index contributed by atoms with van der Waals surface area (Å²) in [6, 6.07) is 18.2. The minimum Gasteiger partial charge on any atom is -0.492 e. The van der Waals surface area contributed by atoms with E-state index in [-0.39, 0.29) is 11.5 Å². The van der Waals surface area contributed by atoms with Gasteiger partial charge < -0.3 is 10.5 Å². The summed E-state index contributed by atoms with van der Waals surface area (Å²) in [6.45, 7) is 7.07. The van der Waals surface area contributed by atoms with Crippen molar-refractivity contribution in [2.24, 2.45) is 5.73 Å². The molecule has 2 aromatic rings. The first-order valence-electron chi connectivity index (χ1n) is 7.01. The Labute approximate surface area is 121 Å². The van der Waals surface area contributed by atoms with Gasteiger partial charge in [0.15, 0.2) is 0 Å². The van der Waals surface area contributed by atoms with E-state index >= 15 is 0 Å². The van der Waals surface area contributed by atoms with Crippen molar-refractivity contribution in [3.05, 3.63) is 65.7 Å². The van der Waals surface area contributed by atoms with Crippen LogP contribution in [0.1, 0.15) is 37.9 Å². The Morgan fingerprint density at radius 2 is 1.70 bits per heavy atom. The molecule has 0 fully saturated rings. The molecule has 2 nitrogen and oxygen atoms in total. The van der Waals surface area contributed by atoms with E-state index in [2.05, 4.69) is 32.9 Å². The quantitative estimate of drug-likeness (QED) is 0.908. The average molecular weight is 269 g/mol. The van der Waals surface area contributed by atoms with E-state index in [9.17, 15) is 0 Å². The smallest absolute Gasteiger partial charge is 0.119 e. The van der Waals surface area contributed by atoms with Gasteiger partial charge in [-0.25, -0.2) is 0 Å². The Balaban J connectivity index is 2.01. The molecule has 0 aromatic heterocycles. The second-order valence-corrected chi connectivity index (χ2v) is 6.11. The summed E-state index contributed by atoms with van der Waals surface area (Å²) in [5, 5.41) is 0. The number of ether oxygens (including phenoxy) is 1. The molecule has 2 rings (SSSR count). The molecule has 2 heteroatoms. The average Bonchev–Trinajstić information content (AvgIpc) is 2.45. The van der Waals surface area contributed by atoms with Crippen LogP contribution in [0.3, 0.4) is 0 Å². The van der Waals surface area contributed by atoms with Crippen molar-refractivity contribution in [3.8, 4) is 5.75 Å². The number of hydrogen-bond donors (Lipinski definition) is 1. The molecule has 0 saturated heterocycles. The molecule has 0 spiro atoms. The molecule has 0 bridgehead atoms. The van der Waals surface area contributed by atoms with Crippen LogP contribution in [-0.4, -0.2) is 6.61 Å². The second-order valence-electron chi connectivity index (χ2n) is 6.11. The maximum Gasteiger partial charge on any atom is 0.119 e. The van der Waals surface area contributed by atoms with E-state index in [0.717, 1.165) is 11.3 Å². The molecule has 0 saturated carbocycles. The molecule has 0 aliphatic rings. The summed E-state index contributed by atoms with van der Waals surface area (Å²) in [5.41, 5.74) is 8.63. The maximum absolute atomic E-state index is 6.14. The maximum atomic E-state index is 6.14. The van der Waals surface area contributed by atoms with Crippen molar-refractivity contribution in [1.29, 1.82) is 0 Å². The first-order valence-corrected chi connectivity index (χ1v) is 7.01. The molecule has 0 aliphatic heterocycles. The Morgan fingerprint density at radius 3 is 2.35 bits per heavy atom. The summed E-state index contributed by atoms with van der Waals surface area (Å²) >= 11 is 0. The lowest BCUT2D eigenvalue weighted by Crippen LogP contribution is -2.19. The summed E-state index contributed by atoms with van der Waals surface area (Å²) in [5.74, 6) is 0.879. The zero-order valence-electron chi connectivity index (χ0n) is 12.5. The molecule has 2 N–H and O–H groups in total. The van der Waals surface area contributed by atoms with Gasteiger partial charge >= 0.3 is 0 Å². The van der Waals surface area contributed by atoms with Gasteiger partial charge in [0, 0.05) is 0 Å². The van der Waals surface area contributed by atoms with E-state index in [4.69, 9.17) is 10.5 Å². The Hall–Kier alpha value is -1.80. The third kappa shape index (κ3) is 3.84. The van der Waals surface area contributed by atoms with Gasteiger partial charge in [0.25, 0.3) is 0 Å². The number of nitrogens with two attached hydrogens (primary N) is 1. The zero-order valence-corrected chi connectivity index (χ0v) is 12.5. The molecular formula is C18H23NO. The Kier molecular flexibility index (Phi) is 4.46. The van der Waals surface area contributed by atoms with E-state index in [1.54, 1.807) is 0 Å². The van der Waals surface area contributed by atoms with Crippen LogP contribution in [0, 0.1) is 0 Å². The Morgan fingerprint density at radius 1 is 1.00 bits per heavy atom. The minimum atomic E-state index is -0.102. The van der Waals surface area contributed by atoms with Crippen LogP contribution in [0.15, 0.2) is 54.6 Å². The molecule has 0 amide bonds. The lowest BCUT2D eigenvalue weighted by molar-refractivity contribution is 0.290. The van der Waals surface area contributed by atoms with Gasteiger partial charge in [-0.15, -0.1) is 0 Å². The fraction of sp³-hybridized carbons (Fsp3) is 0.333. The largest absolute Gasteiger partial charge is 0.492 e. The van der Waals surface area contributed by atoms with E-state index in [0.29, 0.717) is 6.61 Å². The number of hydrogen-bond acceptors (Lipinski definition) is 2.